The molecule has 0 amide bonds. The summed E-state index contributed by atoms with van der Waals surface area (Å²) in [6, 6.07) is 8.54. The van der Waals surface area contributed by atoms with Gasteiger partial charge in [-0.3, -0.25) is 9.59 Å². The monoisotopic (exact) mass is 251 g/mol. The number of carboxylic acid groups (broad SMARTS) is 1. The van der Waals surface area contributed by atoms with Crippen molar-refractivity contribution in [3.8, 4) is 0 Å². The second kappa shape index (κ2) is 7.45. The fourth-order valence-corrected chi connectivity index (χ4v) is 1.43. The van der Waals surface area contributed by atoms with Gasteiger partial charge in [-0.1, -0.05) is 30.3 Å². The molecule has 0 saturated carbocycles. The summed E-state index contributed by atoms with van der Waals surface area (Å²) in [5.41, 5.74) is 6.49. The van der Waals surface area contributed by atoms with Crippen molar-refractivity contribution in [3.63, 3.8) is 0 Å². The van der Waals surface area contributed by atoms with E-state index < -0.39 is 18.0 Å². The number of rotatable bonds is 7. The quantitative estimate of drug-likeness (QED) is 0.713. The average Bonchev–Trinajstić information content (AvgIpc) is 2.36. The predicted octanol–water partition coefficient (Wildman–Crippen LogP) is 1.31. The van der Waals surface area contributed by atoms with Gasteiger partial charge in [-0.15, -0.1) is 0 Å². The molecule has 5 nitrogen and oxygen atoms in total. The van der Waals surface area contributed by atoms with E-state index in [1.165, 1.54) is 0 Å². The molecular formula is C13H17NO4. The van der Waals surface area contributed by atoms with Gasteiger partial charge in [0.2, 0.25) is 0 Å². The van der Waals surface area contributed by atoms with Crippen LogP contribution in [0.25, 0.3) is 0 Å². The number of nitrogens with two attached hydrogens (primary N) is 1. The minimum absolute atomic E-state index is 0.0136. The number of aliphatic carboxylic acids is 1. The van der Waals surface area contributed by atoms with Gasteiger partial charge < -0.3 is 15.6 Å². The van der Waals surface area contributed by atoms with Crippen molar-refractivity contribution in [1.82, 2.24) is 0 Å². The van der Waals surface area contributed by atoms with Crippen LogP contribution in [0.4, 0.5) is 0 Å². The molecule has 1 rings (SSSR count). The molecule has 0 saturated heterocycles. The van der Waals surface area contributed by atoms with E-state index in [0.29, 0.717) is 12.8 Å². The van der Waals surface area contributed by atoms with Crippen LogP contribution in [-0.4, -0.2) is 23.1 Å². The van der Waals surface area contributed by atoms with Crippen LogP contribution in [0.15, 0.2) is 30.3 Å². The number of benzene rings is 1. The second-order valence-corrected chi connectivity index (χ2v) is 3.99. The van der Waals surface area contributed by atoms with E-state index in [-0.39, 0.29) is 13.0 Å². The Hall–Kier alpha value is -1.88. The fourth-order valence-electron chi connectivity index (χ4n) is 1.43. The van der Waals surface area contributed by atoms with Crippen molar-refractivity contribution in [2.45, 2.75) is 31.9 Å². The number of esters is 1. The van der Waals surface area contributed by atoms with Crippen LogP contribution in [0.5, 0.6) is 0 Å². The first-order chi connectivity index (χ1) is 8.59. The summed E-state index contributed by atoms with van der Waals surface area (Å²) in [5, 5.41) is 8.46. The Labute approximate surface area is 106 Å². The predicted molar refractivity (Wildman–Crippen MR) is 65.7 cm³/mol. The average molecular weight is 251 g/mol. The molecule has 0 spiro atoms. The van der Waals surface area contributed by atoms with Crippen LogP contribution >= 0.6 is 0 Å². The normalized spacial score (nSPS) is 11.8. The molecule has 0 radical (unpaired) electrons. The number of ether oxygens (including phenoxy) is 1. The fraction of sp³-hybridized carbons (Fsp3) is 0.385. The van der Waals surface area contributed by atoms with Gasteiger partial charge in [0, 0.05) is 6.42 Å². The molecule has 1 atom stereocenters. The minimum atomic E-state index is -0.889. The van der Waals surface area contributed by atoms with Crippen LogP contribution < -0.4 is 5.73 Å². The Morgan fingerprint density at radius 1 is 1.28 bits per heavy atom. The molecule has 3 N–H and O–H groups in total. The highest BCUT2D eigenvalue weighted by Crippen LogP contribution is 2.04. The summed E-state index contributed by atoms with van der Waals surface area (Å²) in [6.07, 6.45) is 0.705. The smallest absolute Gasteiger partial charge is 0.323 e. The molecule has 0 aromatic heterocycles. The summed E-state index contributed by atoms with van der Waals surface area (Å²) in [5.74, 6) is -1.39. The highest BCUT2D eigenvalue weighted by atomic mass is 16.5. The van der Waals surface area contributed by atoms with Gasteiger partial charge in [-0.25, -0.2) is 0 Å². The first kappa shape index (κ1) is 14.2. The van der Waals surface area contributed by atoms with Crippen molar-refractivity contribution in [2.24, 2.45) is 5.73 Å². The highest BCUT2D eigenvalue weighted by Gasteiger charge is 2.15. The largest absolute Gasteiger partial charge is 0.481 e. The molecule has 0 fully saturated rings. The van der Waals surface area contributed by atoms with Crippen LogP contribution in [0.3, 0.4) is 0 Å². The van der Waals surface area contributed by atoms with Gasteiger partial charge in [0.1, 0.15) is 12.6 Å². The van der Waals surface area contributed by atoms with Crippen molar-refractivity contribution >= 4 is 11.9 Å². The molecular weight excluding hydrogens is 234 g/mol. The number of carbonyl (C=O) groups is 2. The molecule has 1 aromatic carbocycles. The maximum atomic E-state index is 11.5. The lowest BCUT2D eigenvalue weighted by Gasteiger charge is -2.10. The van der Waals surface area contributed by atoms with Crippen molar-refractivity contribution in [1.29, 1.82) is 0 Å². The SMILES string of the molecule is N[C@@H](CCCC(=O)O)C(=O)OCc1ccccc1. The molecule has 0 aliphatic carbocycles. The maximum Gasteiger partial charge on any atom is 0.323 e. The first-order valence-electron chi connectivity index (χ1n) is 5.77. The maximum absolute atomic E-state index is 11.5. The van der Waals surface area contributed by atoms with Gasteiger partial charge in [-0.2, -0.15) is 0 Å². The molecule has 0 unspecified atom stereocenters. The molecule has 18 heavy (non-hydrogen) atoms. The second-order valence-electron chi connectivity index (χ2n) is 3.99. The lowest BCUT2D eigenvalue weighted by Crippen LogP contribution is -2.32. The Morgan fingerprint density at radius 2 is 1.94 bits per heavy atom. The van der Waals surface area contributed by atoms with Crippen LogP contribution in [0, 0.1) is 0 Å². The number of hydrogen-bond acceptors (Lipinski definition) is 4. The van der Waals surface area contributed by atoms with E-state index in [1.54, 1.807) is 0 Å². The van der Waals surface area contributed by atoms with Crippen LogP contribution in [0.1, 0.15) is 24.8 Å². The Morgan fingerprint density at radius 3 is 2.56 bits per heavy atom. The van der Waals surface area contributed by atoms with E-state index in [1.807, 2.05) is 30.3 Å². The van der Waals surface area contributed by atoms with E-state index in [2.05, 4.69) is 0 Å². The zero-order valence-corrected chi connectivity index (χ0v) is 10.0. The third kappa shape index (κ3) is 5.45. The molecule has 0 aliphatic rings. The lowest BCUT2D eigenvalue weighted by molar-refractivity contribution is -0.147. The first-order valence-corrected chi connectivity index (χ1v) is 5.77. The zero-order valence-electron chi connectivity index (χ0n) is 10.0. The third-order valence-corrected chi connectivity index (χ3v) is 2.43. The molecule has 5 heteroatoms. The summed E-state index contributed by atoms with van der Waals surface area (Å²) < 4.78 is 5.04. The standard InChI is InChI=1S/C13H17NO4/c14-11(7-4-8-12(15)16)13(17)18-9-10-5-2-1-3-6-10/h1-3,5-6,11H,4,7-9,14H2,(H,15,16)/t11-/m0/s1. The van der Waals surface area contributed by atoms with Gasteiger partial charge in [-0.05, 0) is 18.4 Å². The summed E-state index contributed by atoms with van der Waals surface area (Å²) in [4.78, 5) is 21.8. The van der Waals surface area contributed by atoms with Crippen LogP contribution in [-0.2, 0) is 20.9 Å². The van der Waals surface area contributed by atoms with Gasteiger partial charge in [0.25, 0.3) is 0 Å². The Bertz CT molecular complexity index is 391. The Kier molecular flexibility index (Phi) is 5.87. The van der Waals surface area contributed by atoms with Crippen LogP contribution in [0.2, 0.25) is 0 Å². The van der Waals surface area contributed by atoms with E-state index in [4.69, 9.17) is 15.6 Å². The van der Waals surface area contributed by atoms with E-state index >= 15 is 0 Å². The lowest BCUT2D eigenvalue weighted by atomic mass is 10.1. The van der Waals surface area contributed by atoms with Gasteiger partial charge >= 0.3 is 11.9 Å². The number of carboxylic acids is 1. The van der Waals surface area contributed by atoms with Crippen molar-refractivity contribution in [3.05, 3.63) is 35.9 Å². The van der Waals surface area contributed by atoms with E-state index in [9.17, 15) is 9.59 Å². The zero-order chi connectivity index (χ0) is 13.4. The van der Waals surface area contributed by atoms with Gasteiger partial charge in [0.05, 0.1) is 0 Å². The summed E-state index contributed by atoms with van der Waals surface area (Å²) in [6.45, 7) is 0.187. The molecule has 0 aliphatic heterocycles. The van der Waals surface area contributed by atoms with E-state index in [0.717, 1.165) is 5.56 Å². The molecule has 0 heterocycles. The summed E-state index contributed by atoms with van der Waals surface area (Å²) in [7, 11) is 0. The molecule has 0 bridgehead atoms. The minimum Gasteiger partial charge on any atom is -0.481 e. The Balaban J connectivity index is 2.25. The third-order valence-electron chi connectivity index (χ3n) is 2.43. The topological polar surface area (TPSA) is 89.6 Å². The number of carbonyl (C=O) groups excluding carboxylic acids is 1. The number of hydrogen-bond donors (Lipinski definition) is 2. The summed E-state index contributed by atoms with van der Waals surface area (Å²) >= 11 is 0. The highest BCUT2D eigenvalue weighted by molar-refractivity contribution is 5.75. The van der Waals surface area contributed by atoms with Crippen molar-refractivity contribution in [2.75, 3.05) is 0 Å². The van der Waals surface area contributed by atoms with Gasteiger partial charge in [0.15, 0.2) is 0 Å². The molecule has 1 aromatic rings. The molecule has 98 valence electrons. The van der Waals surface area contributed by atoms with Crippen molar-refractivity contribution < 1.29 is 19.4 Å².